The van der Waals surface area contributed by atoms with Crippen molar-refractivity contribution in [2.45, 2.75) is 13.3 Å². The molecule has 0 spiro atoms. The third-order valence-electron chi connectivity index (χ3n) is 2.37. The Balaban J connectivity index is 2.70. The van der Waals surface area contributed by atoms with Crippen molar-refractivity contribution < 1.29 is 8.81 Å². The summed E-state index contributed by atoms with van der Waals surface area (Å²) in [6.45, 7) is 2.39. The first-order chi connectivity index (χ1) is 6.74. The molecule has 0 fully saturated rings. The lowest BCUT2D eigenvalue weighted by molar-refractivity contribution is 0.535. The van der Waals surface area contributed by atoms with Crippen molar-refractivity contribution in [1.29, 1.82) is 0 Å². The van der Waals surface area contributed by atoms with Gasteiger partial charge in [-0.15, -0.1) is 0 Å². The highest BCUT2D eigenvalue weighted by molar-refractivity contribution is 5.82. The molecule has 0 bridgehead atoms. The van der Waals surface area contributed by atoms with E-state index in [1.165, 1.54) is 6.07 Å². The van der Waals surface area contributed by atoms with Crippen LogP contribution in [0.5, 0.6) is 0 Å². The van der Waals surface area contributed by atoms with Crippen molar-refractivity contribution in [2.24, 2.45) is 5.73 Å². The number of hydrogen-bond donors (Lipinski definition) is 1. The predicted molar refractivity (Wildman–Crippen MR) is 53.7 cm³/mol. The summed E-state index contributed by atoms with van der Waals surface area (Å²) in [5.74, 6) is 0.449. The van der Waals surface area contributed by atoms with Crippen molar-refractivity contribution in [1.82, 2.24) is 0 Å². The van der Waals surface area contributed by atoms with E-state index in [-0.39, 0.29) is 5.82 Å². The van der Waals surface area contributed by atoms with Gasteiger partial charge in [-0.25, -0.2) is 4.39 Å². The molecular formula is C11H12FNO. The molecular weight excluding hydrogens is 181 g/mol. The van der Waals surface area contributed by atoms with Crippen LogP contribution in [-0.2, 0) is 6.42 Å². The molecule has 0 radical (unpaired) electrons. The van der Waals surface area contributed by atoms with Gasteiger partial charge in [0.25, 0.3) is 0 Å². The van der Waals surface area contributed by atoms with E-state index < -0.39 is 0 Å². The number of halogens is 1. The summed E-state index contributed by atoms with van der Waals surface area (Å²) in [7, 11) is 0. The second kappa shape index (κ2) is 3.42. The van der Waals surface area contributed by atoms with Gasteiger partial charge in [0.15, 0.2) is 11.4 Å². The van der Waals surface area contributed by atoms with Gasteiger partial charge >= 0.3 is 0 Å². The van der Waals surface area contributed by atoms with E-state index in [4.69, 9.17) is 10.2 Å². The molecule has 3 heteroatoms. The van der Waals surface area contributed by atoms with Crippen molar-refractivity contribution in [2.75, 3.05) is 6.54 Å². The van der Waals surface area contributed by atoms with Crippen molar-refractivity contribution in [3.63, 3.8) is 0 Å². The Kier molecular flexibility index (Phi) is 2.25. The molecule has 0 aliphatic carbocycles. The molecule has 74 valence electrons. The SMILES string of the molecule is Cc1oc2c(F)cccc2c1CCN. The Labute approximate surface area is 81.5 Å². The van der Waals surface area contributed by atoms with Crippen LogP contribution in [0.3, 0.4) is 0 Å². The number of para-hydroxylation sites is 1. The van der Waals surface area contributed by atoms with E-state index in [0.29, 0.717) is 12.1 Å². The molecule has 1 aromatic carbocycles. The molecule has 0 saturated carbocycles. The zero-order valence-corrected chi connectivity index (χ0v) is 8.01. The lowest BCUT2D eigenvalue weighted by Gasteiger charge is -1.95. The van der Waals surface area contributed by atoms with E-state index in [0.717, 1.165) is 23.1 Å². The molecule has 2 N–H and O–H groups in total. The Morgan fingerprint density at radius 1 is 1.43 bits per heavy atom. The number of hydrogen-bond acceptors (Lipinski definition) is 2. The molecule has 0 unspecified atom stereocenters. The Morgan fingerprint density at radius 3 is 2.93 bits per heavy atom. The van der Waals surface area contributed by atoms with Crippen LogP contribution in [-0.4, -0.2) is 6.54 Å². The van der Waals surface area contributed by atoms with Crippen LogP contribution in [0.2, 0.25) is 0 Å². The molecule has 1 aromatic heterocycles. The van der Waals surface area contributed by atoms with Crippen LogP contribution < -0.4 is 5.73 Å². The lowest BCUT2D eigenvalue weighted by Crippen LogP contribution is -2.02. The maximum atomic E-state index is 13.3. The molecule has 14 heavy (non-hydrogen) atoms. The minimum Gasteiger partial charge on any atom is -0.458 e. The first-order valence-corrected chi connectivity index (χ1v) is 4.60. The molecule has 0 amide bonds. The highest BCUT2D eigenvalue weighted by Crippen LogP contribution is 2.27. The molecule has 2 aromatic rings. The topological polar surface area (TPSA) is 39.2 Å². The standard InChI is InChI=1S/C11H12FNO/c1-7-8(5-6-13)9-3-2-4-10(12)11(9)14-7/h2-4H,5-6,13H2,1H3. The Hall–Kier alpha value is -1.35. The van der Waals surface area contributed by atoms with Crippen LogP contribution >= 0.6 is 0 Å². The smallest absolute Gasteiger partial charge is 0.170 e. The van der Waals surface area contributed by atoms with Gasteiger partial charge < -0.3 is 10.2 Å². The number of rotatable bonds is 2. The van der Waals surface area contributed by atoms with E-state index in [1.807, 2.05) is 13.0 Å². The van der Waals surface area contributed by atoms with Gasteiger partial charge in [0.2, 0.25) is 0 Å². The van der Waals surface area contributed by atoms with Crippen molar-refractivity contribution in [3.05, 3.63) is 35.3 Å². The van der Waals surface area contributed by atoms with Crippen LogP contribution in [0.15, 0.2) is 22.6 Å². The third-order valence-corrected chi connectivity index (χ3v) is 2.37. The van der Waals surface area contributed by atoms with Gasteiger partial charge in [-0.3, -0.25) is 0 Å². The molecule has 2 rings (SSSR count). The van der Waals surface area contributed by atoms with Crippen LogP contribution in [0, 0.1) is 12.7 Å². The monoisotopic (exact) mass is 193 g/mol. The van der Waals surface area contributed by atoms with Crippen molar-refractivity contribution in [3.8, 4) is 0 Å². The third kappa shape index (κ3) is 1.30. The van der Waals surface area contributed by atoms with Crippen LogP contribution in [0.1, 0.15) is 11.3 Å². The highest BCUT2D eigenvalue weighted by Gasteiger charge is 2.12. The molecule has 0 atom stereocenters. The summed E-state index contributed by atoms with van der Waals surface area (Å²) < 4.78 is 18.6. The molecule has 0 aliphatic heterocycles. The van der Waals surface area contributed by atoms with Crippen LogP contribution in [0.25, 0.3) is 11.0 Å². The average molecular weight is 193 g/mol. The molecule has 0 aliphatic rings. The van der Waals surface area contributed by atoms with E-state index in [2.05, 4.69) is 0 Å². The first-order valence-electron chi connectivity index (χ1n) is 4.60. The molecule has 0 saturated heterocycles. The van der Waals surface area contributed by atoms with Gasteiger partial charge in [0.1, 0.15) is 5.76 Å². The minimum atomic E-state index is -0.311. The number of benzene rings is 1. The summed E-state index contributed by atoms with van der Waals surface area (Å²) in [5.41, 5.74) is 6.84. The number of aryl methyl sites for hydroxylation is 1. The second-order valence-electron chi connectivity index (χ2n) is 3.29. The van der Waals surface area contributed by atoms with Gasteiger partial charge in [-0.1, -0.05) is 12.1 Å². The summed E-state index contributed by atoms with van der Waals surface area (Å²) in [6.07, 6.45) is 0.724. The fraction of sp³-hybridized carbons (Fsp3) is 0.273. The number of fused-ring (bicyclic) bond motifs is 1. The van der Waals surface area contributed by atoms with Gasteiger partial charge in [-0.05, 0) is 26.0 Å². The maximum absolute atomic E-state index is 13.3. The highest BCUT2D eigenvalue weighted by atomic mass is 19.1. The Bertz CT molecular complexity index is 462. The van der Waals surface area contributed by atoms with Gasteiger partial charge in [-0.2, -0.15) is 0 Å². The summed E-state index contributed by atoms with van der Waals surface area (Å²) in [4.78, 5) is 0. The number of nitrogens with two attached hydrogens (primary N) is 1. The maximum Gasteiger partial charge on any atom is 0.170 e. The van der Waals surface area contributed by atoms with Gasteiger partial charge in [0, 0.05) is 10.9 Å². The fourth-order valence-electron chi connectivity index (χ4n) is 1.71. The largest absolute Gasteiger partial charge is 0.458 e. The Morgan fingerprint density at radius 2 is 2.21 bits per heavy atom. The molecule has 1 heterocycles. The first kappa shape index (κ1) is 9.21. The lowest BCUT2D eigenvalue weighted by atomic mass is 10.1. The zero-order valence-electron chi connectivity index (χ0n) is 8.01. The van der Waals surface area contributed by atoms with E-state index >= 15 is 0 Å². The quantitative estimate of drug-likeness (QED) is 0.795. The summed E-state index contributed by atoms with van der Waals surface area (Å²) in [5, 5.41) is 0.841. The van der Waals surface area contributed by atoms with Crippen LogP contribution in [0.4, 0.5) is 4.39 Å². The minimum absolute atomic E-state index is 0.311. The average Bonchev–Trinajstić information content (AvgIpc) is 2.47. The number of furan rings is 1. The second-order valence-corrected chi connectivity index (χ2v) is 3.29. The predicted octanol–water partition coefficient (Wildman–Crippen LogP) is 2.38. The summed E-state index contributed by atoms with van der Waals surface area (Å²) >= 11 is 0. The van der Waals surface area contributed by atoms with Gasteiger partial charge in [0.05, 0.1) is 0 Å². The summed E-state index contributed by atoms with van der Waals surface area (Å²) in [6, 6.07) is 4.95. The zero-order chi connectivity index (χ0) is 10.1. The van der Waals surface area contributed by atoms with E-state index in [1.54, 1.807) is 6.07 Å². The van der Waals surface area contributed by atoms with Crippen molar-refractivity contribution >= 4 is 11.0 Å². The molecule has 2 nitrogen and oxygen atoms in total. The fourth-order valence-corrected chi connectivity index (χ4v) is 1.71. The normalized spacial score (nSPS) is 11.1. The van der Waals surface area contributed by atoms with E-state index in [9.17, 15) is 4.39 Å².